The van der Waals surface area contributed by atoms with Gasteiger partial charge in [-0.2, -0.15) is 0 Å². The molecule has 0 heterocycles. The van der Waals surface area contributed by atoms with Crippen molar-refractivity contribution >= 4 is 17.4 Å². The Morgan fingerprint density at radius 2 is 2.17 bits per heavy atom. The molecule has 0 amide bonds. The Morgan fingerprint density at radius 3 is 2.67 bits per heavy atom. The monoisotopic (exact) mass is 263 g/mol. The Balaban J connectivity index is 2.42. The Labute approximate surface area is 117 Å². The molecule has 18 heavy (non-hydrogen) atoms. The summed E-state index contributed by atoms with van der Waals surface area (Å²) in [7, 11) is 0. The van der Waals surface area contributed by atoms with Crippen LogP contribution in [-0.4, -0.2) is 11.2 Å². The SMILES string of the molecule is CC1=C[C@@]2(CC1)[C@H](C)CC[C@@H](C(C)C)[C@H]2N=C=S. The van der Waals surface area contributed by atoms with E-state index in [-0.39, 0.29) is 5.41 Å². The number of allylic oxidation sites excluding steroid dienone is 1. The van der Waals surface area contributed by atoms with Gasteiger partial charge in [-0.05, 0) is 62.6 Å². The molecule has 0 unspecified atom stereocenters. The van der Waals surface area contributed by atoms with Crippen LogP contribution in [-0.2, 0) is 0 Å². The molecule has 0 aliphatic heterocycles. The van der Waals surface area contributed by atoms with Crippen LogP contribution in [0.1, 0.15) is 53.4 Å². The first-order chi connectivity index (χ1) is 8.51. The number of hydrogen-bond acceptors (Lipinski definition) is 2. The Morgan fingerprint density at radius 1 is 1.44 bits per heavy atom. The molecule has 100 valence electrons. The summed E-state index contributed by atoms with van der Waals surface area (Å²) in [6.07, 6.45) is 7.63. The maximum atomic E-state index is 4.92. The number of thiocarbonyl (C=S) groups is 1. The molecule has 0 aromatic carbocycles. The van der Waals surface area contributed by atoms with E-state index in [1.807, 2.05) is 0 Å². The summed E-state index contributed by atoms with van der Waals surface area (Å²) in [6.45, 7) is 9.31. The molecule has 0 aromatic heterocycles. The van der Waals surface area contributed by atoms with Crippen molar-refractivity contribution in [3.05, 3.63) is 11.6 Å². The van der Waals surface area contributed by atoms with Crippen LogP contribution >= 0.6 is 12.2 Å². The summed E-state index contributed by atoms with van der Waals surface area (Å²) in [5.74, 6) is 2.07. The topological polar surface area (TPSA) is 12.4 Å². The second-order valence-electron chi connectivity index (χ2n) is 6.65. The van der Waals surface area contributed by atoms with E-state index in [9.17, 15) is 0 Å². The number of hydrogen-bond donors (Lipinski definition) is 0. The van der Waals surface area contributed by atoms with Gasteiger partial charge in [-0.3, -0.25) is 0 Å². The van der Waals surface area contributed by atoms with Crippen LogP contribution in [0.2, 0.25) is 0 Å². The molecule has 0 bridgehead atoms. The minimum absolute atomic E-state index is 0.267. The summed E-state index contributed by atoms with van der Waals surface area (Å²) >= 11 is 4.92. The van der Waals surface area contributed by atoms with Crippen molar-refractivity contribution in [1.82, 2.24) is 0 Å². The predicted molar refractivity (Wildman–Crippen MR) is 81.0 cm³/mol. The Hall–Kier alpha value is -0.460. The largest absolute Gasteiger partial charge is 0.228 e. The van der Waals surface area contributed by atoms with Gasteiger partial charge in [0.15, 0.2) is 0 Å². The minimum Gasteiger partial charge on any atom is -0.228 e. The third kappa shape index (κ3) is 2.21. The van der Waals surface area contributed by atoms with Crippen LogP contribution in [0.4, 0.5) is 0 Å². The van der Waals surface area contributed by atoms with E-state index in [4.69, 9.17) is 12.2 Å². The molecule has 1 nitrogen and oxygen atoms in total. The molecular weight excluding hydrogens is 238 g/mol. The molecule has 0 aromatic rings. The van der Waals surface area contributed by atoms with Gasteiger partial charge in [0.2, 0.25) is 0 Å². The second-order valence-corrected chi connectivity index (χ2v) is 6.84. The molecule has 2 rings (SSSR count). The third-order valence-corrected chi connectivity index (χ3v) is 5.43. The van der Waals surface area contributed by atoms with E-state index in [1.54, 1.807) is 0 Å². The van der Waals surface area contributed by atoms with E-state index in [1.165, 1.54) is 31.3 Å². The first kappa shape index (κ1) is 14.0. The van der Waals surface area contributed by atoms with Crippen molar-refractivity contribution in [3.63, 3.8) is 0 Å². The van der Waals surface area contributed by atoms with E-state index in [0.717, 1.165) is 5.92 Å². The smallest absolute Gasteiger partial charge is 0.0726 e. The molecule has 2 heteroatoms. The van der Waals surface area contributed by atoms with Crippen molar-refractivity contribution in [3.8, 4) is 0 Å². The van der Waals surface area contributed by atoms with Crippen molar-refractivity contribution in [1.29, 1.82) is 0 Å². The molecule has 0 N–H and O–H groups in total. The van der Waals surface area contributed by atoms with Crippen LogP contribution in [0.5, 0.6) is 0 Å². The highest BCUT2D eigenvalue weighted by Gasteiger charge is 2.50. The van der Waals surface area contributed by atoms with E-state index >= 15 is 0 Å². The summed E-state index contributed by atoms with van der Waals surface area (Å²) in [5, 5.41) is 2.69. The average Bonchev–Trinajstić information content (AvgIpc) is 2.69. The Kier molecular flexibility index (Phi) is 4.08. The zero-order valence-corrected chi connectivity index (χ0v) is 12.9. The summed E-state index contributed by atoms with van der Waals surface area (Å²) in [4.78, 5) is 4.63. The molecule has 1 saturated carbocycles. The molecule has 1 fully saturated rings. The van der Waals surface area contributed by atoms with Crippen molar-refractivity contribution in [2.24, 2.45) is 28.2 Å². The lowest BCUT2D eigenvalue weighted by Crippen LogP contribution is -2.47. The molecule has 4 atom stereocenters. The fourth-order valence-electron chi connectivity index (χ4n) is 4.17. The van der Waals surface area contributed by atoms with Gasteiger partial charge in [0, 0.05) is 5.41 Å². The fourth-order valence-corrected chi connectivity index (χ4v) is 4.28. The number of isothiocyanates is 1. The predicted octanol–water partition coefficient (Wildman–Crippen LogP) is 4.89. The van der Waals surface area contributed by atoms with Crippen LogP contribution < -0.4 is 0 Å². The minimum atomic E-state index is 0.267. The number of rotatable bonds is 2. The normalized spacial score (nSPS) is 39.8. The lowest BCUT2D eigenvalue weighted by Gasteiger charge is -2.48. The maximum Gasteiger partial charge on any atom is 0.0726 e. The lowest BCUT2D eigenvalue weighted by molar-refractivity contribution is 0.0647. The molecular formula is C16H25NS. The van der Waals surface area contributed by atoms with Crippen LogP contribution in [0.25, 0.3) is 0 Å². The van der Waals surface area contributed by atoms with Crippen molar-refractivity contribution in [2.45, 2.75) is 59.4 Å². The Bertz CT molecular complexity index is 392. The van der Waals surface area contributed by atoms with Crippen LogP contribution in [0.15, 0.2) is 16.6 Å². The summed E-state index contributed by atoms with van der Waals surface area (Å²) in [5.41, 5.74) is 1.80. The van der Waals surface area contributed by atoms with Crippen molar-refractivity contribution in [2.75, 3.05) is 0 Å². The van der Waals surface area contributed by atoms with Gasteiger partial charge in [0.25, 0.3) is 0 Å². The molecule has 2 aliphatic rings. The van der Waals surface area contributed by atoms with Gasteiger partial charge in [0.05, 0.1) is 11.2 Å². The average molecular weight is 263 g/mol. The lowest BCUT2D eigenvalue weighted by atomic mass is 9.58. The molecule has 0 saturated heterocycles. The van der Waals surface area contributed by atoms with Gasteiger partial charge < -0.3 is 0 Å². The zero-order chi connectivity index (χ0) is 13.3. The molecule has 2 aliphatic carbocycles. The van der Waals surface area contributed by atoms with Gasteiger partial charge in [-0.25, -0.2) is 4.99 Å². The highest BCUT2D eigenvalue weighted by Crippen LogP contribution is 2.54. The highest BCUT2D eigenvalue weighted by atomic mass is 32.1. The first-order valence-corrected chi connectivity index (χ1v) is 7.67. The zero-order valence-electron chi connectivity index (χ0n) is 12.1. The van der Waals surface area contributed by atoms with E-state index < -0.39 is 0 Å². The number of nitrogens with zero attached hydrogens (tertiary/aromatic N) is 1. The van der Waals surface area contributed by atoms with Gasteiger partial charge >= 0.3 is 0 Å². The van der Waals surface area contributed by atoms with Gasteiger partial charge in [-0.1, -0.05) is 32.4 Å². The summed E-state index contributed by atoms with van der Waals surface area (Å²) < 4.78 is 0. The van der Waals surface area contributed by atoms with Gasteiger partial charge in [-0.15, -0.1) is 0 Å². The quantitative estimate of drug-likeness (QED) is 0.393. The summed E-state index contributed by atoms with van der Waals surface area (Å²) in [6, 6.07) is 0.358. The maximum absolute atomic E-state index is 4.92. The van der Waals surface area contributed by atoms with Crippen LogP contribution in [0, 0.1) is 23.2 Å². The fraction of sp³-hybridized carbons (Fsp3) is 0.812. The first-order valence-electron chi connectivity index (χ1n) is 7.26. The third-order valence-electron chi connectivity index (χ3n) is 5.32. The van der Waals surface area contributed by atoms with Crippen molar-refractivity contribution < 1.29 is 0 Å². The second kappa shape index (κ2) is 5.27. The molecule has 1 spiro atoms. The standard InChI is InChI=1S/C16H25NS/c1-11(2)14-6-5-13(4)16(15(14)17-10-18)8-7-12(3)9-16/h9,11,13-15H,5-8H2,1-4H3/t13-,14+,15-,16+/m1/s1. The highest BCUT2D eigenvalue weighted by molar-refractivity contribution is 7.78. The van der Waals surface area contributed by atoms with E-state index in [0.29, 0.717) is 17.9 Å². The van der Waals surface area contributed by atoms with E-state index in [2.05, 4.69) is 43.9 Å². The van der Waals surface area contributed by atoms with Gasteiger partial charge in [0.1, 0.15) is 0 Å². The molecule has 0 radical (unpaired) electrons. The number of aliphatic imine (C=N–C) groups is 1. The van der Waals surface area contributed by atoms with Crippen LogP contribution in [0.3, 0.4) is 0 Å².